The molecule has 0 aromatic heterocycles. The molecule has 20 heavy (non-hydrogen) atoms. The second-order valence-corrected chi connectivity index (χ2v) is 5.07. The van der Waals surface area contributed by atoms with Crippen LogP contribution in [0.15, 0.2) is 24.3 Å². The first kappa shape index (κ1) is 14.8. The van der Waals surface area contributed by atoms with E-state index in [-0.39, 0.29) is 11.7 Å². The summed E-state index contributed by atoms with van der Waals surface area (Å²) in [5, 5.41) is 0. The van der Waals surface area contributed by atoms with Gasteiger partial charge in [0.1, 0.15) is 0 Å². The number of likely N-dealkylation sites (N-methyl/N-ethyl adjacent to an activating group) is 1. The molecule has 4 nitrogen and oxygen atoms in total. The Labute approximate surface area is 119 Å². The average Bonchev–Trinajstić information content (AvgIpc) is 2.46. The number of para-hydroxylation sites is 1. The normalized spacial score (nSPS) is 17.9. The lowest BCUT2D eigenvalue weighted by Gasteiger charge is -2.34. The van der Waals surface area contributed by atoms with Crippen LogP contribution in [-0.2, 0) is 4.79 Å². The van der Waals surface area contributed by atoms with Gasteiger partial charge in [0.15, 0.2) is 17.7 Å². The fraction of sp³-hybridized carbons (Fsp3) is 0.533. The van der Waals surface area contributed by atoms with Gasteiger partial charge >= 0.3 is 0 Å². The third kappa shape index (κ3) is 3.48. The molecule has 2 rings (SSSR count). The summed E-state index contributed by atoms with van der Waals surface area (Å²) in [5.41, 5.74) is 0. The molecule has 1 aromatic carbocycles. The molecule has 1 aliphatic heterocycles. The minimum absolute atomic E-state index is 0.0520. The first-order valence-corrected chi connectivity index (χ1v) is 7.00. The number of piperazine rings is 1. The summed E-state index contributed by atoms with van der Waals surface area (Å²) in [6.45, 7) is 5.00. The zero-order valence-corrected chi connectivity index (χ0v) is 12.0. The van der Waals surface area contributed by atoms with E-state index in [1.54, 1.807) is 23.1 Å². The highest BCUT2D eigenvalue weighted by Gasteiger charge is 2.27. The number of benzene rings is 1. The van der Waals surface area contributed by atoms with Crippen molar-refractivity contribution in [3.8, 4) is 5.75 Å². The Hall–Kier alpha value is -1.62. The minimum Gasteiger partial charge on any atom is -0.478 e. The van der Waals surface area contributed by atoms with Crippen LogP contribution in [0.3, 0.4) is 0 Å². The molecule has 1 aromatic rings. The average molecular weight is 280 g/mol. The number of ether oxygens (including phenoxy) is 1. The second-order valence-electron chi connectivity index (χ2n) is 5.07. The molecule has 110 valence electrons. The summed E-state index contributed by atoms with van der Waals surface area (Å²) in [7, 11) is 2.04. The topological polar surface area (TPSA) is 32.8 Å². The standard InChI is InChI=1S/C15H21FN2O2/c1-3-13(20-14-7-5-4-6-12(14)16)15(19)18-10-8-17(2)9-11-18/h4-7,13H,3,8-11H2,1-2H3/t13-/m1/s1. The van der Waals surface area contributed by atoms with Gasteiger partial charge in [-0.05, 0) is 25.6 Å². The van der Waals surface area contributed by atoms with E-state index in [4.69, 9.17) is 4.74 Å². The van der Waals surface area contributed by atoms with Gasteiger partial charge in [0.2, 0.25) is 0 Å². The summed E-state index contributed by atoms with van der Waals surface area (Å²) in [5.74, 6) is -0.345. The maximum Gasteiger partial charge on any atom is 0.263 e. The fourth-order valence-corrected chi connectivity index (χ4v) is 2.23. The third-order valence-electron chi connectivity index (χ3n) is 3.57. The van der Waals surface area contributed by atoms with Gasteiger partial charge in [-0.3, -0.25) is 4.79 Å². The zero-order chi connectivity index (χ0) is 14.5. The van der Waals surface area contributed by atoms with Gasteiger partial charge in [0.25, 0.3) is 5.91 Å². The Morgan fingerprint density at radius 3 is 2.55 bits per heavy atom. The van der Waals surface area contributed by atoms with Gasteiger partial charge in [-0.1, -0.05) is 19.1 Å². The van der Waals surface area contributed by atoms with Crippen molar-refractivity contribution in [3.05, 3.63) is 30.1 Å². The van der Waals surface area contributed by atoms with Gasteiger partial charge in [-0.15, -0.1) is 0 Å². The number of halogens is 1. The van der Waals surface area contributed by atoms with Crippen LogP contribution >= 0.6 is 0 Å². The molecule has 0 bridgehead atoms. The van der Waals surface area contributed by atoms with Crippen LogP contribution in [0.2, 0.25) is 0 Å². The van der Waals surface area contributed by atoms with Crippen LogP contribution in [-0.4, -0.2) is 55.0 Å². The first-order chi connectivity index (χ1) is 9.61. The molecule has 1 amide bonds. The predicted molar refractivity (Wildman–Crippen MR) is 75.2 cm³/mol. The highest BCUT2D eigenvalue weighted by atomic mass is 19.1. The number of amides is 1. The molecule has 5 heteroatoms. The molecule has 0 saturated carbocycles. The van der Waals surface area contributed by atoms with Gasteiger partial charge < -0.3 is 14.5 Å². The molecule has 0 aliphatic carbocycles. The Morgan fingerprint density at radius 2 is 1.95 bits per heavy atom. The monoisotopic (exact) mass is 280 g/mol. The first-order valence-electron chi connectivity index (χ1n) is 7.00. The Balaban J connectivity index is 2.01. The number of hydrogen-bond donors (Lipinski definition) is 0. The van der Waals surface area contributed by atoms with Gasteiger partial charge in [-0.2, -0.15) is 0 Å². The van der Waals surface area contributed by atoms with Crippen molar-refractivity contribution in [2.24, 2.45) is 0 Å². The SMILES string of the molecule is CC[C@@H](Oc1ccccc1F)C(=O)N1CCN(C)CC1. The number of carbonyl (C=O) groups is 1. The van der Waals surface area contributed by atoms with Crippen LogP contribution in [0.4, 0.5) is 4.39 Å². The molecular weight excluding hydrogens is 259 g/mol. The number of nitrogens with zero attached hydrogens (tertiary/aromatic N) is 2. The predicted octanol–water partition coefficient (Wildman–Crippen LogP) is 1.76. The smallest absolute Gasteiger partial charge is 0.263 e. The van der Waals surface area contributed by atoms with Crippen molar-refractivity contribution in [2.45, 2.75) is 19.4 Å². The van der Waals surface area contributed by atoms with E-state index in [1.807, 2.05) is 14.0 Å². The minimum atomic E-state index is -0.615. The molecule has 1 atom stereocenters. The second kappa shape index (κ2) is 6.70. The van der Waals surface area contributed by atoms with Crippen molar-refractivity contribution in [1.29, 1.82) is 0 Å². The lowest BCUT2D eigenvalue weighted by Crippen LogP contribution is -2.51. The van der Waals surface area contributed by atoms with E-state index in [0.29, 0.717) is 19.5 Å². The van der Waals surface area contributed by atoms with E-state index in [9.17, 15) is 9.18 Å². The molecule has 0 N–H and O–H groups in total. The van der Waals surface area contributed by atoms with Gasteiger partial charge in [0, 0.05) is 26.2 Å². The number of rotatable bonds is 4. The molecule has 0 radical (unpaired) electrons. The quantitative estimate of drug-likeness (QED) is 0.842. The summed E-state index contributed by atoms with van der Waals surface area (Å²) in [6, 6.07) is 6.19. The van der Waals surface area contributed by atoms with Crippen molar-refractivity contribution >= 4 is 5.91 Å². The van der Waals surface area contributed by atoms with E-state index in [2.05, 4.69) is 4.90 Å². The van der Waals surface area contributed by atoms with E-state index in [1.165, 1.54) is 6.07 Å². The third-order valence-corrected chi connectivity index (χ3v) is 3.57. The van der Waals surface area contributed by atoms with Gasteiger partial charge in [0.05, 0.1) is 0 Å². The lowest BCUT2D eigenvalue weighted by molar-refractivity contribution is -0.140. The maximum absolute atomic E-state index is 13.6. The number of carbonyl (C=O) groups excluding carboxylic acids is 1. The van der Waals surface area contributed by atoms with E-state index >= 15 is 0 Å². The summed E-state index contributed by atoms with van der Waals surface area (Å²) >= 11 is 0. The van der Waals surface area contributed by atoms with Crippen LogP contribution in [0.25, 0.3) is 0 Å². The Bertz CT molecular complexity index is 459. The zero-order valence-electron chi connectivity index (χ0n) is 12.0. The van der Waals surface area contributed by atoms with Crippen LogP contribution in [0, 0.1) is 5.82 Å². The lowest BCUT2D eigenvalue weighted by atomic mass is 10.2. The largest absolute Gasteiger partial charge is 0.478 e. The Morgan fingerprint density at radius 1 is 1.30 bits per heavy atom. The van der Waals surface area contributed by atoms with E-state index < -0.39 is 11.9 Å². The van der Waals surface area contributed by atoms with Crippen LogP contribution in [0.1, 0.15) is 13.3 Å². The molecule has 1 aliphatic rings. The summed E-state index contributed by atoms with van der Waals surface area (Å²) in [4.78, 5) is 16.4. The maximum atomic E-state index is 13.6. The molecule has 1 saturated heterocycles. The Kier molecular flexibility index (Phi) is 4.95. The van der Waals surface area contributed by atoms with Crippen molar-refractivity contribution in [3.63, 3.8) is 0 Å². The number of hydrogen-bond acceptors (Lipinski definition) is 3. The van der Waals surface area contributed by atoms with Crippen molar-refractivity contribution in [2.75, 3.05) is 33.2 Å². The fourth-order valence-electron chi connectivity index (χ4n) is 2.23. The molecule has 0 unspecified atom stereocenters. The summed E-state index contributed by atoms with van der Waals surface area (Å²) in [6.07, 6.45) is -0.0882. The van der Waals surface area contributed by atoms with Crippen molar-refractivity contribution < 1.29 is 13.9 Å². The van der Waals surface area contributed by atoms with Crippen molar-refractivity contribution in [1.82, 2.24) is 9.80 Å². The molecular formula is C15H21FN2O2. The highest BCUT2D eigenvalue weighted by molar-refractivity contribution is 5.81. The van der Waals surface area contributed by atoms with E-state index in [0.717, 1.165) is 13.1 Å². The van der Waals surface area contributed by atoms with Crippen LogP contribution in [0.5, 0.6) is 5.75 Å². The van der Waals surface area contributed by atoms with Gasteiger partial charge in [-0.25, -0.2) is 4.39 Å². The van der Waals surface area contributed by atoms with Crippen LogP contribution < -0.4 is 4.74 Å². The molecule has 1 heterocycles. The molecule has 1 fully saturated rings. The molecule has 0 spiro atoms. The highest BCUT2D eigenvalue weighted by Crippen LogP contribution is 2.19. The summed E-state index contributed by atoms with van der Waals surface area (Å²) < 4.78 is 19.1.